The van der Waals surface area contributed by atoms with Gasteiger partial charge in [-0.2, -0.15) is 5.10 Å². The fraction of sp³-hybridized carbons (Fsp3) is 0.226. The number of carbonyl (C=O) groups excluding carboxylic acids is 2. The van der Waals surface area contributed by atoms with Crippen molar-refractivity contribution in [3.63, 3.8) is 0 Å². The van der Waals surface area contributed by atoms with E-state index in [2.05, 4.69) is 32.7 Å². The number of aryl methyl sites for hydroxylation is 1. The van der Waals surface area contributed by atoms with Crippen LogP contribution in [0.2, 0.25) is 0 Å². The van der Waals surface area contributed by atoms with E-state index in [-0.39, 0.29) is 17.5 Å². The van der Waals surface area contributed by atoms with Gasteiger partial charge in [0.05, 0.1) is 17.4 Å². The molecule has 0 bridgehead atoms. The number of nitrogens with zero attached hydrogens (tertiary/aromatic N) is 4. The summed E-state index contributed by atoms with van der Waals surface area (Å²) in [5.41, 5.74) is 5.08. The van der Waals surface area contributed by atoms with Crippen molar-refractivity contribution in [2.24, 2.45) is 5.92 Å². The van der Waals surface area contributed by atoms with Gasteiger partial charge >= 0.3 is 0 Å². The van der Waals surface area contributed by atoms with E-state index >= 15 is 0 Å². The molecule has 2 N–H and O–H groups in total. The highest BCUT2D eigenvalue weighted by Gasteiger charge is 2.17. The number of nitrogens with one attached hydrogen (secondary N) is 2. The van der Waals surface area contributed by atoms with Crippen LogP contribution >= 0.6 is 0 Å². The largest absolute Gasteiger partial charge is 0.372 e. The van der Waals surface area contributed by atoms with Gasteiger partial charge < -0.3 is 20.1 Å². The number of aromatic nitrogens is 3. The molecule has 0 atom stereocenters. The number of piperidine rings is 1. The second kappa shape index (κ2) is 10.7. The fourth-order valence-corrected chi connectivity index (χ4v) is 4.96. The Kier molecular flexibility index (Phi) is 6.77. The monoisotopic (exact) mass is 534 g/mol. The summed E-state index contributed by atoms with van der Waals surface area (Å²) in [5, 5.41) is 15.0. The number of hydrogen-bond acceptors (Lipinski definition) is 6. The molecule has 9 nitrogen and oxygen atoms in total. The van der Waals surface area contributed by atoms with E-state index in [9.17, 15) is 9.59 Å². The van der Waals surface area contributed by atoms with Crippen molar-refractivity contribution in [2.45, 2.75) is 26.7 Å². The number of amides is 2. The SMILES string of the molecule is Cc1cc(C(=O)Nc2ccc(-n3ncc4cc(NC(=O)c5ccc(N6CCC(C)CC6)cc5)ccc43)cc2)no1. The molecule has 2 amide bonds. The third-order valence-electron chi connectivity index (χ3n) is 7.33. The highest BCUT2D eigenvalue weighted by atomic mass is 16.5. The molecule has 9 heteroatoms. The molecule has 0 aliphatic carbocycles. The van der Waals surface area contributed by atoms with Crippen molar-refractivity contribution in [1.82, 2.24) is 14.9 Å². The van der Waals surface area contributed by atoms with Gasteiger partial charge in [-0.3, -0.25) is 9.59 Å². The molecule has 202 valence electrons. The van der Waals surface area contributed by atoms with Gasteiger partial charge in [0.1, 0.15) is 5.76 Å². The molecular formula is C31H30N6O3. The molecule has 5 aromatic rings. The van der Waals surface area contributed by atoms with E-state index in [1.165, 1.54) is 12.8 Å². The van der Waals surface area contributed by atoms with Crippen LogP contribution in [0.4, 0.5) is 17.1 Å². The molecule has 1 fully saturated rings. The Morgan fingerprint density at radius 2 is 1.52 bits per heavy atom. The molecule has 6 rings (SSSR count). The van der Waals surface area contributed by atoms with Crippen molar-refractivity contribution in [1.29, 1.82) is 0 Å². The Balaban J connectivity index is 1.11. The van der Waals surface area contributed by atoms with Crippen molar-refractivity contribution < 1.29 is 14.1 Å². The average Bonchev–Trinajstić information content (AvgIpc) is 3.60. The first-order valence-corrected chi connectivity index (χ1v) is 13.4. The van der Waals surface area contributed by atoms with Crippen molar-refractivity contribution in [3.05, 3.63) is 96.0 Å². The summed E-state index contributed by atoms with van der Waals surface area (Å²) in [7, 11) is 0. The van der Waals surface area contributed by atoms with Gasteiger partial charge in [0.25, 0.3) is 11.8 Å². The summed E-state index contributed by atoms with van der Waals surface area (Å²) in [6, 6.07) is 22.5. The molecule has 40 heavy (non-hydrogen) atoms. The lowest BCUT2D eigenvalue weighted by atomic mass is 9.98. The maximum Gasteiger partial charge on any atom is 0.277 e. The van der Waals surface area contributed by atoms with Gasteiger partial charge in [-0.05, 0) is 92.4 Å². The predicted molar refractivity (Wildman–Crippen MR) is 155 cm³/mol. The van der Waals surface area contributed by atoms with E-state index in [0.29, 0.717) is 22.7 Å². The van der Waals surface area contributed by atoms with Crippen LogP contribution in [-0.2, 0) is 0 Å². The lowest BCUT2D eigenvalue weighted by molar-refractivity contribution is 0.101. The zero-order chi connectivity index (χ0) is 27.6. The van der Waals surface area contributed by atoms with Crippen LogP contribution in [0.15, 0.2) is 83.5 Å². The van der Waals surface area contributed by atoms with E-state index in [0.717, 1.165) is 41.3 Å². The van der Waals surface area contributed by atoms with Crippen LogP contribution in [0, 0.1) is 12.8 Å². The maximum absolute atomic E-state index is 12.9. The molecule has 0 saturated carbocycles. The summed E-state index contributed by atoms with van der Waals surface area (Å²) >= 11 is 0. The van der Waals surface area contributed by atoms with Crippen LogP contribution in [0.1, 0.15) is 46.4 Å². The Labute approximate surface area is 231 Å². The predicted octanol–water partition coefficient (Wildman–Crippen LogP) is 6.06. The van der Waals surface area contributed by atoms with E-state index in [1.54, 1.807) is 31.3 Å². The summed E-state index contributed by atoms with van der Waals surface area (Å²) in [5.74, 6) is 0.868. The molecule has 0 unspecified atom stereocenters. The first-order valence-electron chi connectivity index (χ1n) is 13.4. The van der Waals surface area contributed by atoms with Crippen molar-refractivity contribution in [3.8, 4) is 5.69 Å². The molecular weight excluding hydrogens is 504 g/mol. The fourth-order valence-electron chi connectivity index (χ4n) is 4.96. The molecule has 1 saturated heterocycles. The highest BCUT2D eigenvalue weighted by Crippen LogP contribution is 2.25. The summed E-state index contributed by atoms with van der Waals surface area (Å²) in [6.07, 6.45) is 4.17. The molecule has 3 heterocycles. The van der Waals surface area contributed by atoms with E-state index < -0.39 is 0 Å². The topological polar surface area (TPSA) is 105 Å². The maximum atomic E-state index is 12.9. The zero-order valence-corrected chi connectivity index (χ0v) is 22.4. The van der Waals surface area contributed by atoms with E-state index in [1.807, 2.05) is 59.3 Å². The van der Waals surface area contributed by atoms with Gasteiger partial charge in [0, 0.05) is 47.2 Å². The molecule has 3 aromatic carbocycles. The summed E-state index contributed by atoms with van der Waals surface area (Å²) in [4.78, 5) is 27.6. The number of carbonyl (C=O) groups is 2. The molecule has 1 aliphatic rings. The lowest BCUT2D eigenvalue weighted by Crippen LogP contribution is -2.32. The summed E-state index contributed by atoms with van der Waals surface area (Å²) in [6.45, 7) is 6.16. The minimum atomic E-state index is -0.337. The molecule has 1 aliphatic heterocycles. The van der Waals surface area contributed by atoms with Crippen LogP contribution in [0.25, 0.3) is 16.6 Å². The smallest absolute Gasteiger partial charge is 0.277 e. The standard InChI is InChI=1S/C31H30N6O3/c1-20-13-15-36(16-14-20)26-8-3-22(4-9-26)30(38)34-25-7-12-29-23(18-25)19-32-37(29)27-10-5-24(6-11-27)33-31(39)28-17-21(2)40-35-28/h3-12,17-20H,13-16H2,1-2H3,(H,33,39)(H,34,38). The normalized spacial score (nSPS) is 13.9. The van der Waals surface area contributed by atoms with Crippen LogP contribution in [0.3, 0.4) is 0 Å². The Morgan fingerprint density at radius 1 is 0.850 bits per heavy atom. The first-order chi connectivity index (χ1) is 19.4. The number of rotatable bonds is 6. The van der Waals surface area contributed by atoms with Gasteiger partial charge in [-0.1, -0.05) is 12.1 Å². The van der Waals surface area contributed by atoms with Crippen molar-refractivity contribution in [2.75, 3.05) is 28.6 Å². The summed E-state index contributed by atoms with van der Waals surface area (Å²) < 4.78 is 6.78. The van der Waals surface area contributed by atoms with Gasteiger partial charge in [0.2, 0.25) is 0 Å². The molecule has 0 radical (unpaired) electrons. The third-order valence-corrected chi connectivity index (χ3v) is 7.33. The minimum Gasteiger partial charge on any atom is -0.372 e. The van der Waals surface area contributed by atoms with Gasteiger partial charge in [-0.15, -0.1) is 0 Å². The molecule has 2 aromatic heterocycles. The minimum absolute atomic E-state index is 0.149. The second-order valence-corrected chi connectivity index (χ2v) is 10.3. The van der Waals surface area contributed by atoms with Crippen LogP contribution < -0.4 is 15.5 Å². The van der Waals surface area contributed by atoms with Gasteiger partial charge in [-0.25, -0.2) is 4.68 Å². The number of anilines is 3. The number of hydrogen-bond donors (Lipinski definition) is 2. The molecule has 0 spiro atoms. The zero-order valence-electron chi connectivity index (χ0n) is 22.4. The lowest BCUT2D eigenvalue weighted by Gasteiger charge is -2.32. The van der Waals surface area contributed by atoms with Crippen LogP contribution in [0.5, 0.6) is 0 Å². The van der Waals surface area contributed by atoms with Crippen molar-refractivity contribution >= 4 is 39.8 Å². The average molecular weight is 535 g/mol. The third kappa shape index (κ3) is 5.31. The second-order valence-electron chi connectivity index (χ2n) is 10.3. The van der Waals surface area contributed by atoms with Crippen LogP contribution in [-0.4, -0.2) is 39.8 Å². The number of benzene rings is 3. The Hall–Kier alpha value is -4.92. The number of fused-ring (bicyclic) bond motifs is 1. The Bertz CT molecular complexity index is 1660. The highest BCUT2D eigenvalue weighted by molar-refractivity contribution is 6.05. The Morgan fingerprint density at radius 3 is 2.23 bits per heavy atom. The van der Waals surface area contributed by atoms with Gasteiger partial charge in [0.15, 0.2) is 5.69 Å². The van der Waals surface area contributed by atoms with E-state index in [4.69, 9.17) is 4.52 Å². The first kappa shape index (κ1) is 25.4. The quantitative estimate of drug-likeness (QED) is 0.274.